The number of carbonyl (C=O) groups is 2. The van der Waals surface area contributed by atoms with Gasteiger partial charge in [-0.1, -0.05) is 48.6 Å². The minimum atomic E-state index is -0.603. The Balaban J connectivity index is 5.23. The minimum Gasteiger partial charge on any atom is -0.449 e. The molecule has 2 unspecified atom stereocenters. The van der Waals surface area contributed by atoms with Crippen molar-refractivity contribution >= 4 is 34.6 Å². The fraction of sp³-hybridized carbons (Fsp3) is 0.600. The lowest BCUT2D eigenvalue weighted by Gasteiger charge is -2.29. The molecule has 0 aromatic carbocycles. The van der Waals surface area contributed by atoms with Gasteiger partial charge in [-0.2, -0.15) is 0 Å². The van der Waals surface area contributed by atoms with Crippen molar-refractivity contribution in [3.05, 3.63) is 25.3 Å². The quantitative estimate of drug-likeness (QED) is 0.356. The summed E-state index contributed by atoms with van der Waals surface area (Å²) in [6.07, 6.45) is 4.08. The summed E-state index contributed by atoms with van der Waals surface area (Å²) >= 11 is 2.07. The average Bonchev–Trinajstić information content (AvgIpc) is 2.41. The summed E-state index contributed by atoms with van der Waals surface area (Å²) in [6, 6.07) is -0.365. The fourth-order valence-corrected chi connectivity index (χ4v) is 1.94. The lowest BCUT2D eigenvalue weighted by molar-refractivity contribution is -0.130. The van der Waals surface area contributed by atoms with Gasteiger partial charge >= 0.3 is 6.09 Å². The SMILES string of the molecule is C=CCCC(C=C)N(C(=O)OCC)C(=O)C(I)C(C)C. The van der Waals surface area contributed by atoms with Crippen LogP contribution in [0.4, 0.5) is 4.79 Å². The van der Waals surface area contributed by atoms with E-state index in [1.165, 1.54) is 4.90 Å². The molecule has 0 spiro atoms. The first-order valence-electron chi connectivity index (χ1n) is 6.77. The van der Waals surface area contributed by atoms with Crippen LogP contribution in [0.3, 0.4) is 0 Å². The monoisotopic (exact) mass is 393 g/mol. The molecule has 114 valence electrons. The highest BCUT2D eigenvalue weighted by Crippen LogP contribution is 2.20. The van der Waals surface area contributed by atoms with Crippen LogP contribution in [0.5, 0.6) is 0 Å². The fourth-order valence-electron chi connectivity index (χ4n) is 1.64. The van der Waals surface area contributed by atoms with E-state index in [4.69, 9.17) is 4.74 Å². The van der Waals surface area contributed by atoms with E-state index < -0.39 is 6.09 Å². The Kier molecular flexibility index (Phi) is 9.54. The van der Waals surface area contributed by atoms with Gasteiger partial charge in [0.15, 0.2) is 0 Å². The largest absolute Gasteiger partial charge is 0.449 e. The van der Waals surface area contributed by atoms with Gasteiger partial charge in [0, 0.05) is 0 Å². The van der Waals surface area contributed by atoms with Gasteiger partial charge in [0.05, 0.1) is 16.6 Å². The van der Waals surface area contributed by atoms with Crippen molar-refractivity contribution in [2.75, 3.05) is 6.61 Å². The maximum atomic E-state index is 12.5. The van der Waals surface area contributed by atoms with Crippen LogP contribution in [-0.4, -0.2) is 33.5 Å². The number of allylic oxidation sites excluding steroid dienone is 1. The summed E-state index contributed by atoms with van der Waals surface area (Å²) in [5.74, 6) is -0.0853. The zero-order valence-electron chi connectivity index (χ0n) is 12.5. The summed E-state index contributed by atoms with van der Waals surface area (Å²) in [5, 5.41) is 0. The molecular formula is C15H24INO3. The van der Waals surface area contributed by atoms with Gasteiger partial charge in [-0.05, 0) is 25.7 Å². The zero-order valence-corrected chi connectivity index (χ0v) is 14.6. The molecule has 20 heavy (non-hydrogen) atoms. The van der Waals surface area contributed by atoms with E-state index in [0.717, 1.165) is 0 Å². The van der Waals surface area contributed by atoms with Crippen LogP contribution in [-0.2, 0) is 9.53 Å². The van der Waals surface area contributed by atoms with E-state index in [0.29, 0.717) is 12.8 Å². The topological polar surface area (TPSA) is 46.6 Å². The number of nitrogens with zero attached hydrogens (tertiary/aromatic N) is 1. The molecule has 0 saturated carbocycles. The number of imide groups is 1. The predicted octanol–water partition coefficient (Wildman–Crippen LogP) is 3.95. The third kappa shape index (κ3) is 5.64. The first-order chi connectivity index (χ1) is 9.40. The highest BCUT2D eigenvalue weighted by Gasteiger charge is 2.34. The number of alkyl halides is 1. The number of amides is 2. The van der Waals surface area contributed by atoms with Crippen LogP contribution in [0, 0.1) is 5.92 Å². The number of hydrogen-bond donors (Lipinski definition) is 0. The second-order valence-corrected chi connectivity index (χ2v) is 6.06. The third-order valence-corrected chi connectivity index (χ3v) is 4.76. The molecule has 0 aliphatic rings. The van der Waals surface area contributed by atoms with Crippen LogP contribution in [0.1, 0.15) is 33.6 Å². The van der Waals surface area contributed by atoms with Crippen molar-refractivity contribution in [3.8, 4) is 0 Å². The van der Waals surface area contributed by atoms with E-state index in [1.54, 1.807) is 19.1 Å². The van der Waals surface area contributed by atoms with E-state index in [1.807, 2.05) is 13.8 Å². The van der Waals surface area contributed by atoms with E-state index in [9.17, 15) is 9.59 Å². The zero-order chi connectivity index (χ0) is 15.7. The lowest BCUT2D eigenvalue weighted by atomic mass is 10.1. The van der Waals surface area contributed by atoms with Crippen molar-refractivity contribution in [2.45, 2.75) is 43.6 Å². The number of hydrogen-bond acceptors (Lipinski definition) is 3. The van der Waals surface area contributed by atoms with Crippen LogP contribution >= 0.6 is 22.6 Å². The number of rotatable bonds is 8. The first kappa shape index (κ1) is 19.1. The Morgan fingerprint density at radius 2 is 1.95 bits per heavy atom. The second-order valence-electron chi connectivity index (χ2n) is 4.72. The third-order valence-electron chi connectivity index (χ3n) is 2.79. The van der Waals surface area contributed by atoms with Crippen LogP contribution in [0.2, 0.25) is 0 Å². The molecule has 0 aromatic heterocycles. The number of halogens is 1. The minimum absolute atomic E-state index is 0.143. The molecule has 0 aromatic rings. The standard InChI is InChI=1S/C15H24INO3/c1-6-9-10-12(7-2)17(15(19)20-8-3)14(18)13(16)11(4)5/h6-7,11-13H,1-2,8-10H2,3-5H3. The van der Waals surface area contributed by atoms with Crippen molar-refractivity contribution in [1.29, 1.82) is 0 Å². The molecule has 0 aliphatic heterocycles. The van der Waals surface area contributed by atoms with Crippen LogP contribution in [0.15, 0.2) is 25.3 Å². The molecule has 0 heterocycles. The Labute approximate surface area is 135 Å². The van der Waals surface area contributed by atoms with Gasteiger partial charge in [-0.15, -0.1) is 13.2 Å². The molecule has 4 nitrogen and oxygen atoms in total. The smallest absolute Gasteiger partial charge is 0.417 e. The van der Waals surface area contributed by atoms with Crippen LogP contribution in [0.25, 0.3) is 0 Å². The summed E-state index contributed by atoms with van der Waals surface area (Å²) in [7, 11) is 0. The summed E-state index contributed by atoms with van der Waals surface area (Å²) in [5.41, 5.74) is 0. The molecule has 0 fully saturated rings. The normalized spacial score (nSPS) is 13.4. The van der Waals surface area contributed by atoms with E-state index in [2.05, 4.69) is 35.7 Å². The maximum absolute atomic E-state index is 12.5. The molecule has 0 N–H and O–H groups in total. The molecule has 5 heteroatoms. The molecule has 2 atom stereocenters. The lowest BCUT2D eigenvalue weighted by Crippen LogP contribution is -2.48. The van der Waals surface area contributed by atoms with Gasteiger partial charge in [0.1, 0.15) is 0 Å². The summed E-state index contributed by atoms with van der Waals surface area (Å²) in [6.45, 7) is 13.2. The molecule has 0 saturated heterocycles. The molecule has 0 rings (SSSR count). The Bertz CT molecular complexity index is 355. The van der Waals surface area contributed by atoms with Crippen molar-refractivity contribution < 1.29 is 14.3 Å². The second kappa shape index (κ2) is 9.96. The Morgan fingerprint density at radius 1 is 1.35 bits per heavy atom. The molecule has 2 amide bonds. The van der Waals surface area contributed by atoms with Crippen molar-refractivity contribution in [3.63, 3.8) is 0 Å². The molecule has 0 bridgehead atoms. The molecule has 0 aliphatic carbocycles. The number of ether oxygens (including phenoxy) is 1. The molecule has 0 radical (unpaired) electrons. The Hall–Kier alpha value is -0.850. The Morgan fingerprint density at radius 3 is 2.35 bits per heavy atom. The van der Waals surface area contributed by atoms with Gasteiger partial charge in [0.25, 0.3) is 0 Å². The molecular weight excluding hydrogens is 369 g/mol. The van der Waals surface area contributed by atoms with Crippen molar-refractivity contribution in [1.82, 2.24) is 4.90 Å². The van der Waals surface area contributed by atoms with Crippen molar-refractivity contribution in [2.24, 2.45) is 5.92 Å². The van der Waals surface area contributed by atoms with Gasteiger partial charge in [0.2, 0.25) is 5.91 Å². The first-order valence-corrected chi connectivity index (χ1v) is 8.02. The highest BCUT2D eigenvalue weighted by atomic mass is 127. The van der Waals surface area contributed by atoms with Gasteiger partial charge < -0.3 is 4.74 Å². The maximum Gasteiger partial charge on any atom is 0.417 e. The number of carbonyl (C=O) groups excluding carboxylic acids is 2. The van der Waals surface area contributed by atoms with E-state index >= 15 is 0 Å². The summed E-state index contributed by atoms with van der Waals surface area (Å²) < 4.78 is 4.73. The van der Waals surface area contributed by atoms with Gasteiger partial charge in [-0.25, -0.2) is 9.69 Å². The van der Waals surface area contributed by atoms with Gasteiger partial charge in [-0.3, -0.25) is 4.79 Å². The predicted molar refractivity (Wildman–Crippen MR) is 89.9 cm³/mol. The van der Waals surface area contributed by atoms with Crippen LogP contribution < -0.4 is 0 Å². The van der Waals surface area contributed by atoms with E-state index in [-0.39, 0.29) is 28.4 Å². The average molecular weight is 393 g/mol. The highest BCUT2D eigenvalue weighted by molar-refractivity contribution is 14.1. The summed E-state index contributed by atoms with van der Waals surface area (Å²) in [4.78, 5) is 25.8.